The van der Waals surface area contributed by atoms with Crippen molar-refractivity contribution < 1.29 is 18.3 Å². The van der Waals surface area contributed by atoms with Crippen LogP contribution in [0.3, 0.4) is 0 Å². The highest BCUT2D eigenvalue weighted by atomic mass is 35.5. The van der Waals surface area contributed by atoms with E-state index in [1.807, 2.05) is 6.07 Å². The fourth-order valence-electron chi connectivity index (χ4n) is 4.73. The zero-order chi connectivity index (χ0) is 31.5. The Morgan fingerprint density at radius 3 is 2.21 bits per heavy atom. The van der Waals surface area contributed by atoms with Crippen LogP contribution in [0.2, 0.25) is 5.02 Å². The molecule has 42 heavy (non-hydrogen) atoms. The number of diazo groups is 1. The third-order valence-electron chi connectivity index (χ3n) is 8.39. The van der Waals surface area contributed by atoms with Crippen LogP contribution >= 0.6 is 11.6 Å². The second-order valence-electron chi connectivity index (χ2n) is 12.2. The molecule has 226 valence electrons. The lowest BCUT2D eigenvalue weighted by molar-refractivity contribution is 0.114. The molecule has 0 heterocycles. The number of sulfone groups is 1. The van der Waals surface area contributed by atoms with Crippen molar-refractivity contribution in [1.29, 1.82) is 5.39 Å². The summed E-state index contributed by atoms with van der Waals surface area (Å²) >= 11 is 6.46. The Morgan fingerprint density at radius 1 is 0.976 bits per heavy atom. The number of anilines is 1. The molecule has 0 aliphatic heterocycles. The Balaban J connectivity index is 2.02. The van der Waals surface area contributed by atoms with Gasteiger partial charge in [-0.15, -0.1) is 0 Å². The summed E-state index contributed by atoms with van der Waals surface area (Å²) in [5, 5.41) is 20.2. The van der Waals surface area contributed by atoms with Crippen LogP contribution in [0.15, 0.2) is 59.5 Å². The smallest absolute Gasteiger partial charge is 0.403 e. The first-order chi connectivity index (χ1) is 19.6. The first kappa shape index (κ1) is 33.4. The van der Waals surface area contributed by atoms with Gasteiger partial charge in [0.25, 0.3) is 0 Å². The van der Waals surface area contributed by atoms with Crippen LogP contribution in [-0.4, -0.2) is 34.2 Å². The summed E-state index contributed by atoms with van der Waals surface area (Å²) in [6, 6.07) is 15.8. The Labute approximate surface area is 256 Å². The van der Waals surface area contributed by atoms with Gasteiger partial charge in [-0.3, -0.25) is 0 Å². The van der Waals surface area contributed by atoms with E-state index in [1.165, 1.54) is 17.7 Å². The number of ether oxygens (including phenoxy) is 1. The van der Waals surface area contributed by atoms with Crippen molar-refractivity contribution >= 4 is 32.8 Å². The van der Waals surface area contributed by atoms with E-state index in [0.29, 0.717) is 17.0 Å². The van der Waals surface area contributed by atoms with Gasteiger partial charge >= 0.3 is 5.69 Å². The predicted octanol–water partition coefficient (Wildman–Crippen LogP) is 8.35. The molecule has 3 aromatic carbocycles. The molecule has 0 bridgehead atoms. The Bertz CT molecular complexity index is 1580. The molecule has 0 aliphatic carbocycles. The molecule has 0 aromatic heterocycles. The average molecular weight is 613 g/mol. The van der Waals surface area contributed by atoms with Crippen molar-refractivity contribution in [1.82, 2.24) is 0 Å². The first-order valence-corrected chi connectivity index (χ1v) is 16.2. The maximum absolute atomic E-state index is 13.5. The van der Waals surface area contributed by atoms with Gasteiger partial charge in [0.15, 0.2) is 19.7 Å². The van der Waals surface area contributed by atoms with Crippen LogP contribution in [0.1, 0.15) is 82.7 Å². The maximum atomic E-state index is 13.5. The molecule has 0 spiro atoms. The van der Waals surface area contributed by atoms with Crippen molar-refractivity contribution in [3.05, 3.63) is 86.8 Å². The average Bonchev–Trinajstić information content (AvgIpc) is 2.96. The van der Waals surface area contributed by atoms with Crippen LogP contribution in [0, 0.1) is 5.39 Å². The van der Waals surface area contributed by atoms with E-state index >= 15 is 0 Å². The molecule has 1 atom stereocenters. The summed E-state index contributed by atoms with van der Waals surface area (Å²) in [5.41, 5.74) is 3.99. The van der Waals surface area contributed by atoms with E-state index in [1.54, 1.807) is 43.3 Å². The Kier molecular flexibility index (Phi) is 10.4. The van der Waals surface area contributed by atoms with Crippen molar-refractivity contribution in [2.75, 3.05) is 25.6 Å². The van der Waals surface area contributed by atoms with Crippen LogP contribution in [0.4, 0.5) is 11.4 Å². The van der Waals surface area contributed by atoms with Crippen molar-refractivity contribution in [3.8, 4) is 5.75 Å². The van der Waals surface area contributed by atoms with Gasteiger partial charge in [0.1, 0.15) is 11.9 Å². The monoisotopic (exact) mass is 612 g/mol. The highest BCUT2D eigenvalue weighted by Crippen LogP contribution is 2.39. The lowest BCUT2D eigenvalue weighted by atomic mass is 9.74. The van der Waals surface area contributed by atoms with Gasteiger partial charge in [-0.1, -0.05) is 71.3 Å². The molecule has 1 unspecified atom stereocenters. The molecule has 0 saturated heterocycles. The number of halogens is 1. The number of rotatable bonds is 12. The normalized spacial score (nSPS) is 13.0. The molecule has 0 aliphatic rings. The van der Waals surface area contributed by atoms with Gasteiger partial charge in [-0.05, 0) is 76.3 Å². The number of hydrogen-bond donors (Lipinski definition) is 1. The highest BCUT2D eigenvalue weighted by Gasteiger charge is 2.31. The summed E-state index contributed by atoms with van der Waals surface area (Å²) < 4.78 is 33.4. The van der Waals surface area contributed by atoms with Crippen molar-refractivity contribution in [2.45, 2.75) is 82.0 Å². The van der Waals surface area contributed by atoms with E-state index in [9.17, 15) is 18.9 Å². The second-order valence-corrected chi connectivity index (χ2v) is 14.6. The first-order valence-electron chi connectivity index (χ1n) is 14.2. The molecule has 7 nitrogen and oxygen atoms in total. The SMILES string of the molecule is CCC(C)(C)c1ccc(C(CO)Oc2ccc(Cl)c(CS(=O)(=O)c3cc(N(C)C)ccc3[N+]#N)c2)c(C(C)(C)CC)c1. The predicted molar refractivity (Wildman–Crippen MR) is 171 cm³/mol. The van der Waals surface area contributed by atoms with Gasteiger partial charge in [0, 0.05) is 30.9 Å². The summed E-state index contributed by atoms with van der Waals surface area (Å²) in [6.07, 6.45) is 1.21. The Hall–Kier alpha value is -3.12. The van der Waals surface area contributed by atoms with E-state index in [-0.39, 0.29) is 33.0 Å². The van der Waals surface area contributed by atoms with E-state index < -0.39 is 21.7 Å². The van der Waals surface area contributed by atoms with E-state index in [2.05, 4.69) is 58.7 Å². The van der Waals surface area contributed by atoms with Crippen molar-refractivity contribution in [3.63, 3.8) is 0 Å². The quantitative estimate of drug-likeness (QED) is 0.207. The standard InChI is InChI=1S/C33H43ClN3O4S/c1-9-32(3,4)23-11-14-26(27(18-23)33(5,6)10-2)30(20-38)41-25-13-15-28(34)22(17-25)21-42(39,40)31-19-24(37(7)8)12-16-29(31)36-35/h11-19,30,38H,9-10,20-21H2,1-8H3/q+1. The van der Waals surface area contributed by atoms with Gasteiger partial charge in [0.2, 0.25) is 5.39 Å². The molecular weight excluding hydrogens is 570 g/mol. The molecule has 3 rings (SSSR count). The summed E-state index contributed by atoms with van der Waals surface area (Å²) in [6.45, 7) is 12.9. The number of hydrogen-bond acceptors (Lipinski definition) is 6. The molecule has 0 radical (unpaired) electrons. The fraction of sp³-hybridized carbons (Fsp3) is 0.455. The zero-order valence-electron chi connectivity index (χ0n) is 25.9. The molecular formula is C33H43ClN3O4S+. The van der Waals surface area contributed by atoms with E-state index in [0.717, 1.165) is 24.0 Å². The van der Waals surface area contributed by atoms with Gasteiger partial charge in [-0.25, -0.2) is 8.42 Å². The third-order valence-corrected chi connectivity index (χ3v) is 10.4. The lowest BCUT2D eigenvalue weighted by Gasteiger charge is -2.33. The molecule has 3 aromatic rings. The van der Waals surface area contributed by atoms with Gasteiger partial charge in [-0.2, -0.15) is 0 Å². The lowest BCUT2D eigenvalue weighted by Crippen LogP contribution is -2.25. The number of benzene rings is 3. The molecule has 0 saturated carbocycles. The number of aliphatic hydroxyl groups excluding tert-OH is 1. The largest absolute Gasteiger partial charge is 0.483 e. The molecule has 9 heteroatoms. The molecule has 0 amide bonds. The minimum absolute atomic E-state index is 0.00151. The van der Waals surface area contributed by atoms with Crippen LogP contribution in [0.5, 0.6) is 5.75 Å². The van der Waals surface area contributed by atoms with Gasteiger partial charge in [0.05, 0.1) is 12.4 Å². The third kappa shape index (κ3) is 7.26. The van der Waals surface area contributed by atoms with Crippen molar-refractivity contribution in [2.24, 2.45) is 0 Å². The second kappa shape index (κ2) is 13.0. The number of nitrogens with zero attached hydrogens (tertiary/aromatic N) is 3. The van der Waals surface area contributed by atoms with Crippen LogP contribution in [-0.2, 0) is 26.4 Å². The maximum Gasteiger partial charge on any atom is 0.403 e. The van der Waals surface area contributed by atoms with E-state index in [4.69, 9.17) is 16.3 Å². The Morgan fingerprint density at radius 2 is 1.64 bits per heavy atom. The highest BCUT2D eigenvalue weighted by molar-refractivity contribution is 7.90. The molecule has 1 N–H and O–H groups in total. The summed E-state index contributed by atoms with van der Waals surface area (Å²) in [5.74, 6) is -0.0443. The molecule has 0 fully saturated rings. The summed E-state index contributed by atoms with van der Waals surface area (Å²) in [4.78, 5) is 4.84. The fourth-order valence-corrected chi connectivity index (χ4v) is 6.53. The topological polar surface area (TPSA) is 95.0 Å². The minimum Gasteiger partial charge on any atom is -0.483 e. The van der Waals surface area contributed by atoms with Crippen LogP contribution in [0.25, 0.3) is 4.98 Å². The number of aliphatic hydroxyl groups is 1. The van der Waals surface area contributed by atoms with Crippen LogP contribution < -0.4 is 9.64 Å². The summed E-state index contributed by atoms with van der Waals surface area (Å²) in [7, 11) is -0.371. The zero-order valence-corrected chi connectivity index (χ0v) is 27.5. The van der Waals surface area contributed by atoms with Gasteiger partial charge < -0.3 is 14.7 Å². The minimum atomic E-state index is -3.96.